The molecule has 0 aromatic carbocycles. The van der Waals surface area contributed by atoms with E-state index in [1.807, 2.05) is 17.0 Å². The maximum atomic E-state index is 12.1. The minimum Gasteiger partial charge on any atom is -0.467 e. The normalized spacial score (nSPS) is 27.4. The Bertz CT molecular complexity index is 525. The minimum atomic E-state index is -0.0371. The first-order chi connectivity index (χ1) is 11.3. The number of carbonyl (C=O) groups is 1. The molecule has 4 heteroatoms. The summed E-state index contributed by atoms with van der Waals surface area (Å²) in [7, 11) is 0. The molecule has 2 atom stereocenters. The van der Waals surface area contributed by atoms with Gasteiger partial charge >= 0.3 is 0 Å². The molecule has 4 nitrogen and oxygen atoms in total. The quantitative estimate of drug-likeness (QED) is 0.729. The Morgan fingerprint density at radius 3 is 2.71 bits per heavy atom. The lowest BCUT2D eigenvalue weighted by Gasteiger charge is -2.49. The summed E-state index contributed by atoms with van der Waals surface area (Å²) in [6.07, 6.45) is 5.86. The van der Waals surface area contributed by atoms with E-state index in [4.69, 9.17) is 9.15 Å². The van der Waals surface area contributed by atoms with Crippen LogP contribution in [0.15, 0.2) is 22.8 Å². The van der Waals surface area contributed by atoms with Crippen molar-refractivity contribution in [3.8, 4) is 0 Å². The fraction of sp³-hybridized carbons (Fsp3) is 0.750. The van der Waals surface area contributed by atoms with E-state index in [1.54, 1.807) is 13.2 Å². The van der Waals surface area contributed by atoms with Gasteiger partial charge in [0.15, 0.2) is 0 Å². The van der Waals surface area contributed by atoms with Gasteiger partial charge in [-0.25, -0.2) is 0 Å². The van der Waals surface area contributed by atoms with Crippen LogP contribution in [0.4, 0.5) is 0 Å². The highest BCUT2D eigenvalue weighted by molar-refractivity contribution is 5.73. The Kier molecular flexibility index (Phi) is 6.13. The molecule has 0 spiro atoms. The van der Waals surface area contributed by atoms with Gasteiger partial charge in [-0.3, -0.25) is 4.79 Å². The van der Waals surface area contributed by atoms with Gasteiger partial charge in [0.2, 0.25) is 5.91 Å². The van der Waals surface area contributed by atoms with Gasteiger partial charge in [0.05, 0.1) is 18.4 Å². The molecule has 24 heavy (non-hydrogen) atoms. The number of furan rings is 1. The Balaban J connectivity index is 2.07. The number of hydrogen-bond donors (Lipinski definition) is 0. The standard InChI is InChI=1S/C20H33NO3/c1-6-19(5)15-20(16(2)3,10-13-24-19)9-11-21(17(4)22)14-18-8-7-12-23-18/h7-8,12,16H,6,9-11,13-15H2,1-5H3/t19-,20+/m0/s1. The smallest absolute Gasteiger partial charge is 0.219 e. The maximum absolute atomic E-state index is 12.1. The van der Waals surface area contributed by atoms with Gasteiger partial charge in [-0.15, -0.1) is 0 Å². The predicted octanol–water partition coefficient (Wildman–Crippen LogP) is 4.64. The van der Waals surface area contributed by atoms with Crippen LogP contribution in [0.3, 0.4) is 0 Å². The van der Waals surface area contributed by atoms with Crippen molar-refractivity contribution in [2.75, 3.05) is 13.2 Å². The highest BCUT2D eigenvalue weighted by Crippen LogP contribution is 2.48. The average molecular weight is 335 g/mol. The van der Waals surface area contributed by atoms with Crippen LogP contribution in [0.25, 0.3) is 0 Å². The first-order valence-corrected chi connectivity index (χ1v) is 9.22. The molecule has 0 aliphatic carbocycles. The van der Waals surface area contributed by atoms with Crippen molar-refractivity contribution in [1.29, 1.82) is 0 Å². The van der Waals surface area contributed by atoms with Crippen LogP contribution in [0.5, 0.6) is 0 Å². The maximum Gasteiger partial charge on any atom is 0.219 e. The van der Waals surface area contributed by atoms with Gasteiger partial charge in [-0.1, -0.05) is 20.8 Å². The highest BCUT2D eigenvalue weighted by Gasteiger charge is 2.44. The van der Waals surface area contributed by atoms with E-state index in [9.17, 15) is 4.79 Å². The summed E-state index contributed by atoms with van der Waals surface area (Å²) < 4.78 is 11.5. The average Bonchev–Trinajstić information content (AvgIpc) is 3.04. The third kappa shape index (κ3) is 4.41. The van der Waals surface area contributed by atoms with Crippen LogP contribution >= 0.6 is 0 Å². The van der Waals surface area contributed by atoms with Gasteiger partial charge in [-0.05, 0) is 56.1 Å². The van der Waals surface area contributed by atoms with Crippen LogP contribution in [0.2, 0.25) is 0 Å². The van der Waals surface area contributed by atoms with E-state index >= 15 is 0 Å². The fourth-order valence-corrected chi connectivity index (χ4v) is 3.90. The lowest BCUT2D eigenvalue weighted by Crippen LogP contribution is -2.47. The van der Waals surface area contributed by atoms with Crippen LogP contribution < -0.4 is 0 Å². The van der Waals surface area contributed by atoms with Crippen LogP contribution in [0, 0.1) is 11.3 Å². The lowest BCUT2D eigenvalue weighted by atomic mass is 9.64. The Labute approximate surface area is 146 Å². The summed E-state index contributed by atoms with van der Waals surface area (Å²) in [5.74, 6) is 1.52. The third-order valence-electron chi connectivity index (χ3n) is 6.00. The van der Waals surface area contributed by atoms with Crippen molar-refractivity contribution in [3.63, 3.8) is 0 Å². The van der Waals surface area contributed by atoms with Crippen LogP contribution in [-0.2, 0) is 16.1 Å². The molecule has 0 N–H and O–H groups in total. The Morgan fingerprint density at radius 1 is 1.42 bits per heavy atom. The molecule has 0 unspecified atom stereocenters. The van der Waals surface area contributed by atoms with E-state index in [0.717, 1.165) is 44.6 Å². The summed E-state index contributed by atoms with van der Waals surface area (Å²) in [5, 5.41) is 0. The molecule has 2 heterocycles. The van der Waals surface area contributed by atoms with E-state index in [1.165, 1.54) is 0 Å². The van der Waals surface area contributed by atoms with Crippen molar-refractivity contribution in [2.24, 2.45) is 11.3 Å². The number of carbonyl (C=O) groups excluding carboxylic acids is 1. The molecule has 1 fully saturated rings. The molecule has 0 bridgehead atoms. The topological polar surface area (TPSA) is 42.7 Å². The second-order valence-electron chi connectivity index (χ2n) is 7.87. The monoisotopic (exact) mass is 335 g/mol. The second-order valence-corrected chi connectivity index (χ2v) is 7.87. The molecule has 1 aliphatic heterocycles. The Hall–Kier alpha value is -1.29. The van der Waals surface area contributed by atoms with E-state index in [2.05, 4.69) is 27.7 Å². The molecule has 1 amide bonds. The molecule has 1 aromatic rings. The van der Waals surface area contributed by atoms with E-state index in [0.29, 0.717) is 12.5 Å². The molecule has 2 rings (SSSR count). The number of rotatable bonds is 7. The lowest BCUT2D eigenvalue weighted by molar-refractivity contribution is -0.139. The highest BCUT2D eigenvalue weighted by atomic mass is 16.5. The zero-order valence-electron chi connectivity index (χ0n) is 15.9. The summed E-state index contributed by atoms with van der Waals surface area (Å²) in [4.78, 5) is 14.0. The molecule has 0 saturated carbocycles. The molecule has 0 radical (unpaired) electrons. The first kappa shape index (κ1) is 19.0. The van der Waals surface area contributed by atoms with Crippen molar-refractivity contribution in [1.82, 2.24) is 4.90 Å². The zero-order chi connectivity index (χ0) is 17.8. The SMILES string of the molecule is CC[C@@]1(C)C[C@](CCN(Cc2ccco2)C(C)=O)(C(C)C)CCO1. The number of hydrogen-bond acceptors (Lipinski definition) is 3. The van der Waals surface area contributed by atoms with Crippen LogP contribution in [0.1, 0.15) is 66.1 Å². The molecule has 1 saturated heterocycles. The van der Waals surface area contributed by atoms with Crippen molar-refractivity contribution < 1.29 is 13.9 Å². The van der Waals surface area contributed by atoms with Gasteiger partial charge in [0, 0.05) is 20.1 Å². The summed E-state index contributed by atoms with van der Waals surface area (Å²) in [6.45, 7) is 12.8. The van der Waals surface area contributed by atoms with Crippen molar-refractivity contribution in [3.05, 3.63) is 24.2 Å². The molecule has 1 aromatic heterocycles. The molecular weight excluding hydrogens is 302 g/mol. The van der Waals surface area contributed by atoms with Gasteiger partial charge in [0.25, 0.3) is 0 Å². The molecule has 1 aliphatic rings. The summed E-state index contributed by atoms with van der Waals surface area (Å²) >= 11 is 0. The van der Waals surface area contributed by atoms with Crippen molar-refractivity contribution in [2.45, 2.75) is 72.4 Å². The number of ether oxygens (including phenoxy) is 1. The fourth-order valence-electron chi connectivity index (χ4n) is 3.90. The zero-order valence-corrected chi connectivity index (χ0v) is 15.9. The third-order valence-corrected chi connectivity index (χ3v) is 6.00. The predicted molar refractivity (Wildman–Crippen MR) is 95.6 cm³/mol. The van der Waals surface area contributed by atoms with E-state index < -0.39 is 0 Å². The number of nitrogens with zero attached hydrogens (tertiary/aromatic N) is 1. The molecular formula is C20H33NO3. The largest absolute Gasteiger partial charge is 0.467 e. The van der Waals surface area contributed by atoms with Crippen LogP contribution in [-0.4, -0.2) is 29.6 Å². The minimum absolute atomic E-state index is 0.0371. The van der Waals surface area contributed by atoms with E-state index in [-0.39, 0.29) is 16.9 Å². The van der Waals surface area contributed by atoms with Gasteiger partial charge in [0.1, 0.15) is 5.76 Å². The number of amides is 1. The van der Waals surface area contributed by atoms with Gasteiger partial charge < -0.3 is 14.1 Å². The second kappa shape index (κ2) is 7.73. The first-order valence-electron chi connectivity index (χ1n) is 9.22. The van der Waals surface area contributed by atoms with Gasteiger partial charge in [-0.2, -0.15) is 0 Å². The van der Waals surface area contributed by atoms with Crippen molar-refractivity contribution >= 4 is 5.91 Å². The summed E-state index contributed by atoms with van der Waals surface area (Å²) in [5.41, 5.74) is 0.199. The summed E-state index contributed by atoms with van der Waals surface area (Å²) in [6, 6.07) is 3.80. The Morgan fingerprint density at radius 2 is 2.17 bits per heavy atom. The molecule has 136 valence electrons.